The Balaban J connectivity index is 1.73. The fourth-order valence-corrected chi connectivity index (χ4v) is 3.22. The topological polar surface area (TPSA) is 59.2 Å². The third-order valence-corrected chi connectivity index (χ3v) is 4.65. The van der Waals surface area contributed by atoms with Gasteiger partial charge in [-0.1, -0.05) is 30.3 Å². The van der Waals surface area contributed by atoms with Gasteiger partial charge in [0.25, 0.3) is 0 Å². The van der Waals surface area contributed by atoms with Gasteiger partial charge in [-0.05, 0) is 43.6 Å². The van der Waals surface area contributed by atoms with Crippen LogP contribution in [0.15, 0.2) is 48.7 Å². The molecule has 2 heterocycles. The van der Waals surface area contributed by atoms with Gasteiger partial charge < -0.3 is 5.73 Å². The van der Waals surface area contributed by atoms with Crippen LogP contribution in [0.2, 0.25) is 0 Å². The predicted molar refractivity (Wildman–Crippen MR) is 86.0 cm³/mol. The van der Waals surface area contributed by atoms with Crippen molar-refractivity contribution in [1.82, 2.24) is 9.88 Å². The van der Waals surface area contributed by atoms with Crippen LogP contribution in [0.25, 0.3) is 0 Å². The molecular weight excluding hydrogens is 293 g/mol. The molecule has 0 saturated carbocycles. The lowest BCUT2D eigenvalue weighted by Gasteiger charge is -2.39. The molecular formula is C18H20FN3O. The maximum Gasteiger partial charge on any atom is 0.229 e. The molecule has 1 aromatic carbocycles. The molecule has 0 radical (unpaired) electrons. The maximum absolute atomic E-state index is 13.1. The van der Waals surface area contributed by atoms with E-state index in [0.29, 0.717) is 18.5 Å². The monoisotopic (exact) mass is 313 g/mol. The molecule has 0 unspecified atom stereocenters. The normalized spacial score (nSPS) is 17.8. The Hall–Kier alpha value is -2.27. The number of pyridine rings is 1. The summed E-state index contributed by atoms with van der Waals surface area (Å²) < 4.78 is 13.1. The highest BCUT2D eigenvalue weighted by atomic mass is 19.1. The predicted octanol–water partition coefficient (Wildman–Crippen LogP) is 2.24. The van der Waals surface area contributed by atoms with Crippen molar-refractivity contribution < 1.29 is 9.18 Å². The lowest BCUT2D eigenvalue weighted by Crippen LogP contribution is -2.50. The molecule has 1 aromatic heterocycles. The number of primary amides is 1. The van der Waals surface area contributed by atoms with E-state index >= 15 is 0 Å². The first-order valence-electron chi connectivity index (χ1n) is 7.78. The highest BCUT2D eigenvalue weighted by Crippen LogP contribution is 2.34. The number of likely N-dealkylation sites (tertiary alicyclic amines) is 1. The van der Waals surface area contributed by atoms with Crippen molar-refractivity contribution in [2.45, 2.75) is 24.8 Å². The number of piperidine rings is 1. The Bertz CT molecular complexity index is 664. The summed E-state index contributed by atoms with van der Waals surface area (Å²) in [6.07, 6.45) is 2.36. The molecule has 0 aliphatic carbocycles. The van der Waals surface area contributed by atoms with Crippen molar-refractivity contribution in [1.29, 1.82) is 0 Å². The molecule has 2 aromatic rings. The minimum Gasteiger partial charge on any atom is -0.369 e. The molecule has 1 amide bonds. The van der Waals surface area contributed by atoms with E-state index in [1.165, 1.54) is 11.6 Å². The number of hydrogen-bond acceptors (Lipinski definition) is 3. The van der Waals surface area contributed by atoms with Gasteiger partial charge in [0.05, 0.1) is 17.3 Å². The summed E-state index contributed by atoms with van der Waals surface area (Å²) in [5, 5.41) is 0. The van der Waals surface area contributed by atoms with Gasteiger partial charge in [0, 0.05) is 6.54 Å². The number of carbonyl (C=O) groups excluding carboxylic acids is 1. The molecule has 23 heavy (non-hydrogen) atoms. The summed E-state index contributed by atoms with van der Waals surface area (Å²) in [6, 6.07) is 13.1. The zero-order valence-electron chi connectivity index (χ0n) is 12.9. The summed E-state index contributed by atoms with van der Waals surface area (Å²) in [4.78, 5) is 18.5. The molecule has 0 bridgehead atoms. The van der Waals surface area contributed by atoms with Gasteiger partial charge >= 0.3 is 0 Å². The fraction of sp³-hybridized carbons (Fsp3) is 0.333. The average molecular weight is 313 g/mol. The zero-order chi connectivity index (χ0) is 16.3. The largest absolute Gasteiger partial charge is 0.369 e. The van der Waals surface area contributed by atoms with E-state index in [1.54, 1.807) is 6.07 Å². The number of amides is 1. The summed E-state index contributed by atoms with van der Waals surface area (Å²) in [7, 11) is 0. The molecule has 0 spiro atoms. The highest BCUT2D eigenvalue weighted by Gasteiger charge is 2.42. The van der Waals surface area contributed by atoms with Crippen molar-refractivity contribution in [2.24, 2.45) is 5.73 Å². The van der Waals surface area contributed by atoms with Gasteiger partial charge in [0.1, 0.15) is 5.82 Å². The number of rotatable bonds is 4. The van der Waals surface area contributed by atoms with Crippen molar-refractivity contribution in [3.63, 3.8) is 0 Å². The molecule has 1 fully saturated rings. The lowest BCUT2D eigenvalue weighted by atomic mass is 9.74. The average Bonchev–Trinajstić information content (AvgIpc) is 2.57. The van der Waals surface area contributed by atoms with E-state index in [-0.39, 0.29) is 5.91 Å². The number of nitrogens with zero attached hydrogens (tertiary/aromatic N) is 2. The van der Waals surface area contributed by atoms with Gasteiger partial charge in [0.15, 0.2) is 0 Å². The Morgan fingerprint density at radius 3 is 2.43 bits per heavy atom. The molecule has 2 N–H and O–H groups in total. The third kappa shape index (κ3) is 3.24. The smallest absolute Gasteiger partial charge is 0.229 e. The summed E-state index contributed by atoms with van der Waals surface area (Å²) in [6.45, 7) is 2.38. The second-order valence-corrected chi connectivity index (χ2v) is 6.07. The molecule has 5 heteroatoms. The summed E-state index contributed by atoms with van der Waals surface area (Å²) >= 11 is 0. The van der Waals surface area contributed by atoms with E-state index in [0.717, 1.165) is 25.8 Å². The summed E-state index contributed by atoms with van der Waals surface area (Å²) in [5.74, 6) is -0.786. The first-order valence-corrected chi connectivity index (χ1v) is 7.78. The van der Waals surface area contributed by atoms with Gasteiger partial charge in [0.2, 0.25) is 5.91 Å². The third-order valence-electron chi connectivity index (χ3n) is 4.65. The van der Waals surface area contributed by atoms with Gasteiger partial charge in [-0.2, -0.15) is 0 Å². The Morgan fingerprint density at radius 2 is 1.87 bits per heavy atom. The van der Waals surface area contributed by atoms with Crippen LogP contribution in [0.3, 0.4) is 0 Å². The van der Waals surface area contributed by atoms with E-state index in [1.807, 2.05) is 18.2 Å². The van der Waals surface area contributed by atoms with Crippen LogP contribution in [0.1, 0.15) is 24.1 Å². The fourth-order valence-electron chi connectivity index (χ4n) is 3.22. The van der Waals surface area contributed by atoms with Crippen LogP contribution in [0, 0.1) is 5.82 Å². The number of benzene rings is 1. The SMILES string of the molecule is NC(=O)C1(c2ccc(F)cn2)CCN(Cc2ccccc2)CC1. The molecule has 3 rings (SSSR count). The Morgan fingerprint density at radius 1 is 1.17 bits per heavy atom. The molecule has 0 atom stereocenters. The van der Waals surface area contributed by atoms with Crippen molar-refractivity contribution in [3.8, 4) is 0 Å². The number of hydrogen-bond donors (Lipinski definition) is 1. The minimum atomic E-state index is -0.791. The van der Waals surface area contributed by atoms with Crippen molar-refractivity contribution in [3.05, 3.63) is 65.7 Å². The molecule has 1 saturated heterocycles. The standard InChI is InChI=1S/C18H20FN3O/c19-15-6-7-16(21-12-15)18(17(20)23)8-10-22(11-9-18)13-14-4-2-1-3-5-14/h1-7,12H,8-11,13H2,(H2,20,23). The van der Waals surface area contributed by atoms with Gasteiger partial charge in [-0.25, -0.2) is 4.39 Å². The van der Waals surface area contributed by atoms with E-state index in [9.17, 15) is 9.18 Å². The first-order chi connectivity index (χ1) is 11.1. The van der Waals surface area contributed by atoms with Crippen LogP contribution >= 0.6 is 0 Å². The Labute approximate surface area is 135 Å². The lowest BCUT2D eigenvalue weighted by molar-refractivity contribution is -0.125. The second kappa shape index (κ2) is 6.46. The van der Waals surface area contributed by atoms with Crippen LogP contribution in [-0.2, 0) is 16.8 Å². The number of carbonyl (C=O) groups is 1. The quantitative estimate of drug-likeness (QED) is 0.942. The molecule has 1 aliphatic heterocycles. The van der Waals surface area contributed by atoms with Crippen LogP contribution in [-0.4, -0.2) is 28.9 Å². The van der Waals surface area contributed by atoms with E-state index in [2.05, 4.69) is 22.0 Å². The van der Waals surface area contributed by atoms with Crippen LogP contribution < -0.4 is 5.73 Å². The minimum absolute atomic E-state index is 0.379. The van der Waals surface area contributed by atoms with E-state index < -0.39 is 11.2 Å². The van der Waals surface area contributed by atoms with E-state index in [4.69, 9.17) is 5.73 Å². The number of halogens is 1. The Kier molecular flexibility index (Phi) is 4.39. The van der Waals surface area contributed by atoms with Gasteiger partial charge in [-0.15, -0.1) is 0 Å². The molecule has 4 nitrogen and oxygen atoms in total. The summed E-state index contributed by atoms with van der Waals surface area (Å²) in [5.41, 5.74) is 6.71. The first kappa shape index (κ1) is 15.6. The van der Waals surface area contributed by atoms with Crippen molar-refractivity contribution in [2.75, 3.05) is 13.1 Å². The van der Waals surface area contributed by atoms with Crippen LogP contribution in [0.5, 0.6) is 0 Å². The zero-order valence-corrected chi connectivity index (χ0v) is 12.9. The second-order valence-electron chi connectivity index (χ2n) is 6.07. The molecule has 120 valence electrons. The molecule has 1 aliphatic rings. The number of aromatic nitrogens is 1. The highest BCUT2D eigenvalue weighted by molar-refractivity contribution is 5.86. The number of nitrogens with two attached hydrogens (primary N) is 1. The van der Waals surface area contributed by atoms with Gasteiger partial charge in [-0.3, -0.25) is 14.7 Å². The van der Waals surface area contributed by atoms with Crippen LogP contribution in [0.4, 0.5) is 4.39 Å². The van der Waals surface area contributed by atoms with Crippen molar-refractivity contribution >= 4 is 5.91 Å². The maximum atomic E-state index is 13.1.